The number of rotatable bonds is 1. The van der Waals surface area contributed by atoms with Gasteiger partial charge in [0.2, 0.25) is 5.95 Å². The van der Waals surface area contributed by atoms with Crippen LogP contribution in [-0.2, 0) is 0 Å². The topological polar surface area (TPSA) is 55.3 Å². The van der Waals surface area contributed by atoms with Gasteiger partial charge in [0.25, 0.3) is 0 Å². The summed E-state index contributed by atoms with van der Waals surface area (Å²) >= 11 is 0. The van der Waals surface area contributed by atoms with Gasteiger partial charge in [0, 0.05) is 37.3 Å². The van der Waals surface area contributed by atoms with Crippen molar-refractivity contribution in [1.29, 1.82) is 0 Å². The zero-order valence-electron chi connectivity index (χ0n) is 15.9. The van der Waals surface area contributed by atoms with Crippen molar-refractivity contribution in [3.63, 3.8) is 0 Å². The number of ketones is 1. The Bertz CT molecular complexity index is 863. The second-order valence-corrected chi connectivity index (χ2v) is 7.76. The van der Waals surface area contributed by atoms with Crippen LogP contribution in [0.15, 0.2) is 18.2 Å². The fourth-order valence-electron chi connectivity index (χ4n) is 3.99. The fourth-order valence-corrected chi connectivity index (χ4v) is 3.99. The van der Waals surface area contributed by atoms with Crippen LogP contribution in [0.4, 0.5) is 5.95 Å². The van der Waals surface area contributed by atoms with Crippen LogP contribution in [0, 0.1) is 27.7 Å². The second-order valence-electron chi connectivity index (χ2n) is 7.76. The van der Waals surface area contributed by atoms with Gasteiger partial charge in [0.05, 0.1) is 12.0 Å². The highest BCUT2D eigenvalue weighted by molar-refractivity contribution is 6.00. The Labute approximate surface area is 154 Å². The first-order valence-electron chi connectivity index (χ1n) is 9.26. The number of ether oxygens (including phenoxy) is 1. The molecule has 0 aliphatic carbocycles. The Balaban J connectivity index is 1.55. The van der Waals surface area contributed by atoms with Crippen molar-refractivity contribution in [2.75, 3.05) is 18.0 Å². The number of anilines is 1. The number of carbonyl (C=O) groups excluding carboxylic acids is 1. The summed E-state index contributed by atoms with van der Waals surface area (Å²) in [5, 5.41) is 0. The van der Waals surface area contributed by atoms with Gasteiger partial charge < -0.3 is 9.64 Å². The van der Waals surface area contributed by atoms with Crippen LogP contribution in [0.5, 0.6) is 5.75 Å². The summed E-state index contributed by atoms with van der Waals surface area (Å²) in [4.78, 5) is 24.1. The van der Waals surface area contributed by atoms with Crippen molar-refractivity contribution in [2.24, 2.45) is 0 Å². The predicted octanol–water partition coefficient (Wildman–Crippen LogP) is 3.71. The monoisotopic (exact) mass is 351 g/mol. The molecule has 0 N–H and O–H groups in total. The van der Waals surface area contributed by atoms with E-state index in [1.807, 2.05) is 39.0 Å². The number of piperidine rings is 1. The van der Waals surface area contributed by atoms with Gasteiger partial charge in [-0.2, -0.15) is 0 Å². The van der Waals surface area contributed by atoms with E-state index < -0.39 is 0 Å². The third kappa shape index (κ3) is 2.96. The predicted molar refractivity (Wildman–Crippen MR) is 101 cm³/mol. The number of benzene rings is 1. The van der Waals surface area contributed by atoms with E-state index in [0.29, 0.717) is 6.42 Å². The molecule has 0 bridgehead atoms. The molecule has 2 aliphatic rings. The number of hydrogen-bond acceptors (Lipinski definition) is 5. The van der Waals surface area contributed by atoms with E-state index in [9.17, 15) is 4.79 Å². The summed E-state index contributed by atoms with van der Waals surface area (Å²) in [6.45, 7) is 9.69. The number of nitrogens with zero attached hydrogens (tertiary/aromatic N) is 3. The Hall–Kier alpha value is -2.43. The first-order valence-corrected chi connectivity index (χ1v) is 9.26. The SMILES string of the molecule is Cc1cc(C)nc(N2CCC3(CC2)CC(=O)c2cc(C)c(C)cc2O3)n1. The smallest absolute Gasteiger partial charge is 0.225 e. The van der Waals surface area contributed by atoms with Crippen LogP contribution < -0.4 is 9.64 Å². The molecule has 1 saturated heterocycles. The third-order valence-corrected chi connectivity index (χ3v) is 5.63. The van der Waals surface area contributed by atoms with E-state index in [0.717, 1.165) is 65.7 Å². The Morgan fingerprint density at radius 3 is 2.23 bits per heavy atom. The Morgan fingerprint density at radius 1 is 0.962 bits per heavy atom. The lowest BCUT2D eigenvalue weighted by molar-refractivity contribution is 0.0229. The van der Waals surface area contributed by atoms with Crippen molar-refractivity contribution in [3.8, 4) is 5.75 Å². The zero-order chi connectivity index (χ0) is 18.5. The highest BCUT2D eigenvalue weighted by atomic mass is 16.5. The van der Waals surface area contributed by atoms with Crippen LogP contribution in [-0.4, -0.2) is 34.4 Å². The standard InChI is InChI=1S/C21H25N3O2/c1-13-9-17-18(25)12-21(26-19(17)10-14(13)2)5-7-24(8-6-21)20-22-15(3)11-16(4)23-20/h9-11H,5-8,12H2,1-4H3. The lowest BCUT2D eigenvalue weighted by atomic mass is 9.82. The van der Waals surface area contributed by atoms with Crippen LogP contribution in [0.3, 0.4) is 0 Å². The van der Waals surface area contributed by atoms with Crippen LogP contribution >= 0.6 is 0 Å². The molecule has 0 saturated carbocycles. The summed E-state index contributed by atoms with van der Waals surface area (Å²) in [6, 6.07) is 5.97. The van der Waals surface area contributed by atoms with E-state index in [-0.39, 0.29) is 11.4 Å². The molecule has 26 heavy (non-hydrogen) atoms. The molecule has 4 rings (SSSR count). The first-order chi connectivity index (χ1) is 12.3. The number of hydrogen-bond donors (Lipinski definition) is 0. The molecule has 136 valence electrons. The average molecular weight is 351 g/mol. The van der Waals surface area contributed by atoms with Crippen molar-refractivity contribution < 1.29 is 9.53 Å². The maximum atomic E-state index is 12.7. The average Bonchev–Trinajstić information content (AvgIpc) is 2.57. The van der Waals surface area contributed by atoms with Crippen LogP contribution in [0.25, 0.3) is 0 Å². The van der Waals surface area contributed by atoms with Gasteiger partial charge in [-0.3, -0.25) is 4.79 Å². The summed E-state index contributed by atoms with van der Waals surface area (Å²) in [7, 11) is 0. The molecule has 2 aliphatic heterocycles. The van der Waals surface area contributed by atoms with Gasteiger partial charge in [-0.1, -0.05) is 0 Å². The minimum absolute atomic E-state index is 0.199. The molecule has 3 heterocycles. The normalized spacial score (nSPS) is 18.6. The maximum Gasteiger partial charge on any atom is 0.225 e. The molecule has 0 unspecified atom stereocenters. The molecule has 1 fully saturated rings. The number of aromatic nitrogens is 2. The highest BCUT2D eigenvalue weighted by Crippen LogP contribution is 2.40. The molecule has 1 spiro atoms. The number of fused-ring (bicyclic) bond motifs is 1. The van der Waals surface area contributed by atoms with Gasteiger partial charge in [0.1, 0.15) is 11.4 Å². The van der Waals surface area contributed by atoms with Gasteiger partial charge in [-0.05, 0) is 57.0 Å². The highest BCUT2D eigenvalue weighted by Gasteiger charge is 2.43. The lowest BCUT2D eigenvalue weighted by Crippen LogP contribution is -2.51. The van der Waals surface area contributed by atoms with Crippen molar-refractivity contribution in [2.45, 2.75) is 52.6 Å². The van der Waals surface area contributed by atoms with E-state index in [1.165, 1.54) is 0 Å². The molecule has 1 aromatic carbocycles. The largest absolute Gasteiger partial charge is 0.486 e. The molecule has 5 heteroatoms. The molecule has 2 aromatic rings. The van der Waals surface area contributed by atoms with Gasteiger partial charge in [-0.25, -0.2) is 9.97 Å². The molecule has 0 amide bonds. The number of aryl methyl sites for hydroxylation is 4. The molecular formula is C21H25N3O2. The Morgan fingerprint density at radius 2 is 1.58 bits per heavy atom. The summed E-state index contributed by atoms with van der Waals surface area (Å²) < 4.78 is 6.41. The van der Waals surface area contributed by atoms with Crippen molar-refractivity contribution in [3.05, 3.63) is 46.3 Å². The summed E-state index contributed by atoms with van der Waals surface area (Å²) in [5.74, 6) is 1.73. The van der Waals surface area contributed by atoms with Gasteiger partial charge >= 0.3 is 0 Å². The molecule has 0 radical (unpaired) electrons. The number of Topliss-reactive ketones (excluding diaryl/α,β-unsaturated/α-hetero) is 1. The first kappa shape index (κ1) is 17.0. The number of carbonyl (C=O) groups is 1. The minimum atomic E-state index is -0.388. The van der Waals surface area contributed by atoms with Crippen LogP contribution in [0.2, 0.25) is 0 Å². The third-order valence-electron chi connectivity index (χ3n) is 5.63. The van der Waals surface area contributed by atoms with E-state index in [2.05, 4.69) is 21.8 Å². The Kier molecular flexibility index (Phi) is 3.98. The van der Waals surface area contributed by atoms with E-state index in [1.54, 1.807) is 0 Å². The summed E-state index contributed by atoms with van der Waals surface area (Å²) in [5.41, 5.74) is 4.61. The fraction of sp³-hybridized carbons (Fsp3) is 0.476. The summed E-state index contributed by atoms with van der Waals surface area (Å²) in [6.07, 6.45) is 2.08. The van der Waals surface area contributed by atoms with E-state index in [4.69, 9.17) is 4.74 Å². The van der Waals surface area contributed by atoms with E-state index >= 15 is 0 Å². The van der Waals surface area contributed by atoms with Crippen LogP contribution in [0.1, 0.15) is 52.1 Å². The quantitative estimate of drug-likeness (QED) is 0.784. The second kappa shape index (κ2) is 6.08. The molecule has 1 aromatic heterocycles. The lowest BCUT2D eigenvalue weighted by Gasteiger charge is -2.44. The zero-order valence-corrected chi connectivity index (χ0v) is 15.9. The molecule has 5 nitrogen and oxygen atoms in total. The maximum absolute atomic E-state index is 12.7. The minimum Gasteiger partial charge on any atom is -0.486 e. The van der Waals surface area contributed by atoms with Gasteiger partial charge in [0.15, 0.2) is 5.78 Å². The molecular weight excluding hydrogens is 326 g/mol. The van der Waals surface area contributed by atoms with Crippen molar-refractivity contribution >= 4 is 11.7 Å². The van der Waals surface area contributed by atoms with Crippen molar-refractivity contribution in [1.82, 2.24) is 9.97 Å². The molecule has 0 atom stereocenters. The van der Waals surface area contributed by atoms with Gasteiger partial charge in [-0.15, -0.1) is 0 Å².